The number of amidine groups is 2. The second-order valence-electron chi connectivity index (χ2n) is 7.60. The Kier molecular flexibility index (Phi) is 5.74. The standard InChI is InChI=1S/C25H19ClN4O2S/c1-15(23(31)27-20-14-8-6-12-18(20)26)33-25-28-19-13-7-5-11-17(19)22-29-24(32)21(30(22)25)16-9-3-2-4-10-16/h2-15,21H,1H3,(H,27,31). The highest BCUT2D eigenvalue weighted by Crippen LogP contribution is 2.40. The number of hydrogen-bond acceptors (Lipinski definition) is 5. The van der Waals surface area contributed by atoms with Crippen molar-refractivity contribution in [1.29, 1.82) is 0 Å². The SMILES string of the molecule is CC(SC1=Nc2ccccc2C2=NC(=O)C(c3ccccc3)N12)C(=O)Nc1ccccc1Cl. The number of anilines is 1. The van der Waals surface area contributed by atoms with E-state index in [4.69, 9.17) is 16.6 Å². The molecule has 0 bridgehead atoms. The number of benzene rings is 3. The molecule has 2 amide bonds. The molecule has 0 saturated carbocycles. The van der Waals surface area contributed by atoms with Gasteiger partial charge < -0.3 is 5.32 Å². The molecular formula is C25H19ClN4O2S. The molecule has 5 rings (SSSR count). The van der Waals surface area contributed by atoms with Crippen molar-refractivity contribution in [2.75, 3.05) is 5.32 Å². The monoisotopic (exact) mass is 474 g/mol. The van der Waals surface area contributed by atoms with Crippen molar-refractivity contribution in [3.63, 3.8) is 0 Å². The van der Waals surface area contributed by atoms with Crippen molar-refractivity contribution in [3.8, 4) is 0 Å². The third-order valence-corrected chi connectivity index (χ3v) is 6.80. The normalized spacial score (nSPS) is 17.6. The molecule has 1 N–H and O–H groups in total. The van der Waals surface area contributed by atoms with Gasteiger partial charge in [-0.25, -0.2) is 4.99 Å². The summed E-state index contributed by atoms with van der Waals surface area (Å²) in [6.45, 7) is 1.80. The van der Waals surface area contributed by atoms with Crippen molar-refractivity contribution >= 4 is 57.6 Å². The Morgan fingerprint density at radius 2 is 1.70 bits per heavy atom. The van der Waals surface area contributed by atoms with Gasteiger partial charge in [-0.3, -0.25) is 14.5 Å². The number of nitrogens with one attached hydrogen (secondary N) is 1. The van der Waals surface area contributed by atoms with Crippen molar-refractivity contribution in [3.05, 3.63) is 95.0 Å². The summed E-state index contributed by atoms with van der Waals surface area (Å²) in [4.78, 5) is 37.0. The summed E-state index contributed by atoms with van der Waals surface area (Å²) < 4.78 is 0. The van der Waals surface area contributed by atoms with E-state index in [9.17, 15) is 9.59 Å². The molecule has 0 radical (unpaired) electrons. The van der Waals surface area contributed by atoms with E-state index >= 15 is 0 Å². The minimum absolute atomic E-state index is 0.213. The van der Waals surface area contributed by atoms with E-state index in [-0.39, 0.29) is 11.8 Å². The summed E-state index contributed by atoms with van der Waals surface area (Å²) in [5.41, 5.74) is 2.88. The summed E-state index contributed by atoms with van der Waals surface area (Å²) in [5, 5.41) is 3.38. The van der Waals surface area contributed by atoms with E-state index < -0.39 is 11.3 Å². The van der Waals surface area contributed by atoms with Crippen LogP contribution < -0.4 is 5.32 Å². The highest BCUT2D eigenvalue weighted by atomic mass is 35.5. The van der Waals surface area contributed by atoms with Gasteiger partial charge >= 0.3 is 0 Å². The van der Waals surface area contributed by atoms with Crippen LogP contribution in [0.25, 0.3) is 0 Å². The topological polar surface area (TPSA) is 74.1 Å². The molecule has 0 aromatic heterocycles. The zero-order valence-electron chi connectivity index (χ0n) is 17.6. The Bertz CT molecular complexity index is 1310. The Labute approximate surface area is 200 Å². The Hall–Kier alpha value is -3.42. The largest absolute Gasteiger partial charge is 0.324 e. The van der Waals surface area contributed by atoms with Crippen LogP contribution in [0.5, 0.6) is 0 Å². The zero-order chi connectivity index (χ0) is 22.9. The van der Waals surface area contributed by atoms with Crippen LogP contribution in [0.4, 0.5) is 11.4 Å². The molecule has 0 fully saturated rings. The van der Waals surface area contributed by atoms with E-state index in [0.29, 0.717) is 21.7 Å². The fourth-order valence-corrected chi connectivity index (χ4v) is 4.90. The average molecular weight is 475 g/mol. The van der Waals surface area contributed by atoms with Crippen LogP contribution in [0, 0.1) is 0 Å². The number of nitrogens with zero attached hydrogens (tertiary/aromatic N) is 3. The molecule has 3 aromatic rings. The maximum Gasteiger partial charge on any atom is 0.275 e. The average Bonchev–Trinajstić information content (AvgIpc) is 3.18. The summed E-state index contributed by atoms with van der Waals surface area (Å²) in [6, 6.07) is 23.5. The van der Waals surface area contributed by atoms with Gasteiger partial charge in [-0.15, -0.1) is 0 Å². The number of fused-ring (bicyclic) bond motifs is 3. The number of halogens is 1. The number of carbonyl (C=O) groups is 2. The lowest BCUT2D eigenvalue weighted by atomic mass is 10.0. The molecule has 2 heterocycles. The number of carbonyl (C=O) groups excluding carboxylic acids is 2. The molecule has 2 aliphatic rings. The molecule has 0 aliphatic carbocycles. The number of hydrogen-bond donors (Lipinski definition) is 1. The molecule has 3 aromatic carbocycles. The second-order valence-corrected chi connectivity index (χ2v) is 9.31. The Morgan fingerprint density at radius 1 is 1.00 bits per heavy atom. The fourth-order valence-electron chi connectivity index (χ4n) is 3.78. The molecule has 2 atom stereocenters. The predicted octanol–water partition coefficient (Wildman–Crippen LogP) is 5.43. The van der Waals surface area contributed by atoms with Crippen LogP contribution in [0.1, 0.15) is 24.1 Å². The van der Waals surface area contributed by atoms with Crippen LogP contribution in [0.2, 0.25) is 5.02 Å². The van der Waals surface area contributed by atoms with Crippen molar-refractivity contribution in [2.24, 2.45) is 9.98 Å². The zero-order valence-corrected chi connectivity index (χ0v) is 19.2. The van der Waals surface area contributed by atoms with Gasteiger partial charge in [-0.2, -0.15) is 4.99 Å². The first-order chi connectivity index (χ1) is 16.0. The number of rotatable bonds is 4. The lowest BCUT2D eigenvalue weighted by Gasteiger charge is -2.32. The third kappa shape index (κ3) is 4.05. The number of para-hydroxylation sites is 2. The molecule has 2 aliphatic heterocycles. The Balaban J connectivity index is 1.48. The van der Waals surface area contributed by atoms with E-state index in [0.717, 1.165) is 16.8 Å². The quantitative estimate of drug-likeness (QED) is 0.547. The fraction of sp³-hybridized carbons (Fsp3) is 0.120. The Morgan fingerprint density at radius 3 is 2.48 bits per heavy atom. The van der Waals surface area contributed by atoms with E-state index in [1.165, 1.54) is 11.8 Å². The number of aliphatic imine (C=N–C) groups is 2. The summed E-state index contributed by atoms with van der Waals surface area (Å²) in [7, 11) is 0. The van der Waals surface area contributed by atoms with Gasteiger partial charge in [-0.1, -0.05) is 78.0 Å². The van der Waals surface area contributed by atoms with Crippen LogP contribution in [0.3, 0.4) is 0 Å². The maximum atomic E-state index is 13.0. The van der Waals surface area contributed by atoms with Gasteiger partial charge in [0.2, 0.25) is 5.91 Å². The maximum absolute atomic E-state index is 13.0. The first kappa shape index (κ1) is 21.4. The van der Waals surface area contributed by atoms with Crippen LogP contribution >= 0.6 is 23.4 Å². The summed E-state index contributed by atoms with van der Waals surface area (Å²) in [5.74, 6) is 0.0879. The molecule has 0 saturated heterocycles. The smallest absolute Gasteiger partial charge is 0.275 e. The van der Waals surface area contributed by atoms with Crippen molar-refractivity contribution in [1.82, 2.24) is 4.90 Å². The van der Waals surface area contributed by atoms with Crippen molar-refractivity contribution in [2.45, 2.75) is 18.2 Å². The molecule has 33 heavy (non-hydrogen) atoms. The van der Waals surface area contributed by atoms with Crippen LogP contribution in [0.15, 0.2) is 88.8 Å². The number of amides is 2. The van der Waals surface area contributed by atoms with E-state index in [2.05, 4.69) is 10.3 Å². The van der Waals surface area contributed by atoms with Gasteiger partial charge in [-0.05, 0) is 36.8 Å². The molecule has 6 nitrogen and oxygen atoms in total. The van der Waals surface area contributed by atoms with Gasteiger partial charge in [0.15, 0.2) is 5.17 Å². The predicted molar refractivity (Wildman–Crippen MR) is 133 cm³/mol. The molecule has 0 spiro atoms. The van der Waals surface area contributed by atoms with Crippen LogP contribution in [-0.4, -0.2) is 33.0 Å². The second kappa shape index (κ2) is 8.84. The first-order valence-corrected chi connectivity index (χ1v) is 11.7. The summed E-state index contributed by atoms with van der Waals surface area (Å²) in [6.07, 6.45) is 0. The van der Waals surface area contributed by atoms with E-state index in [1.54, 1.807) is 25.1 Å². The van der Waals surface area contributed by atoms with Gasteiger partial charge in [0, 0.05) is 5.56 Å². The molecule has 8 heteroatoms. The van der Waals surface area contributed by atoms with Gasteiger partial charge in [0.05, 0.1) is 21.6 Å². The molecule has 2 unspecified atom stereocenters. The van der Waals surface area contributed by atoms with Crippen LogP contribution in [-0.2, 0) is 9.59 Å². The highest BCUT2D eigenvalue weighted by Gasteiger charge is 2.43. The summed E-state index contributed by atoms with van der Waals surface area (Å²) >= 11 is 7.47. The van der Waals surface area contributed by atoms with Gasteiger partial charge in [0.1, 0.15) is 11.9 Å². The van der Waals surface area contributed by atoms with E-state index in [1.807, 2.05) is 65.6 Å². The lowest BCUT2D eigenvalue weighted by molar-refractivity contribution is -0.119. The number of thioether (sulfide) groups is 1. The highest BCUT2D eigenvalue weighted by molar-refractivity contribution is 8.14. The first-order valence-electron chi connectivity index (χ1n) is 10.4. The minimum atomic E-state index is -0.625. The lowest BCUT2D eigenvalue weighted by Crippen LogP contribution is -2.40. The third-order valence-electron chi connectivity index (χ3n) is 5.40. The van der Waals surface area contributed by atoms with Crippen molar-refractivity contribution < 1.29 is 9.59 Å². The minimum Gasteiger partial charge on any atom is -0.324 e. The molecular weight excluding hydrogens is 456 g/mol. The van der Waals surface area contributed by atoms with Gasteiger partial charge in [0.25, 0.3) is 5.91 Å². The molecule has 164 valence electrons.